The molecule has 1 aromatic heterocycles. The maximum atomic E-state index is 6.29. The highest BCUT2D eigenvalue weighted by atomic mass is 35.5. The molecule has 0 saturated carbocycles. The lowest BCUT2D eigenvalue weighted by molar-refractivity contribution is 0.464. The van der Waals surface area contributed by atoms with Crippen LogP contribution in [0.1, 0.15) is 30.8 Å². The van der Waals surface area contributed by atoms with Gasteiger partial charge in [-0.25, -0.2) is 0 Å². The first-order chi connectivity index (χ1) is 10.2. The molecule has 0 spiro atoms. The number of hydrogen-bond donors (Lipinski definition) is 1. The molecule has 1 N–H and O–H groups in total. The van der Waals surface area contributed by atoms with Crippen molar-refractivity contribution >= 4 is 11.6 Å². The third-order valence-corrected chi connectivity index (χ3v) is 3.61. The molecule has 0 aliphatic heterocycles. The minimum absolute atomic E-state index is 0.687. The molecule has 0 amide bonds. The first-order valence-corrected chi connectivity index (χ1v) is 7.66. The van der Waals surface area contributed by atoms with E-state index in [0.717, 1.165) is 41.4 Å². The second-order valence-corrected chi connectivity index (χ2v) is 5.26. The summed E-state index contributed by atoms with van der Waals surface area (Å²) in [4.78, 5) is 4.53. The van der Waals surface area contributed by atoms with Crippen molar-refractivity contribution in [2.75, 3.05) is 6.54 Å². The van der Waals surface area contributed by atoms with Gasteiger partial charge in [-0.3, -0.25) is 4.98 Å². The Kier molecular flexibility index (Phi) is 5.59. The molecule has 0 saturated heterocycles. The van der Waals surface area contributed by atoms with Crippen molar-refractivity contribution in [2.45, 2.75) is 33.7 Å². The number of ether oxygens (including phenoxy) is 1. The van der Waals surface area contributed by atoms with Gasteiger partial charge in [0.2, 0.25) is 0 Å². The number of pyridine rings is 1. The fourth-order valence-corrected chi connectivity index (χ4v) is 2.35. The predicted octanol–water partition coefficient (Wildman–Crippen LogP) is 4.51. The van der Waals surface area contributed by atoms with Crippen molar-refractivity contribution in [1.29, 1.82) is 0 Å². The monoisotopic (exact) mass is 304 g/mol. The summed E-state index contributed by atoms with van der Waals surface area (Å²) in [6, 6.07) is 9.66. The van der Waals surface area contributed by atoms with Gasteiger partial charge in [-0.15, -0.1) is 0 Å². The Morgan fingerprint density at radius 3 is 2.67 bits per heavy atom. The first kappa shape index (κ1) is 15.8. The van der Waals surface area contributed by atoms with Crippen molar-refractivity contribution in [3.63, 3.8) is 0 Å². The van der Waals surface area contributed by atoms with E-state index in [4.69, 9.17) is 16.3 Å². The van der Waals surface area contributed by atoms with Crippen LogP contribution in [-0.2, 0) is 13.0 Å². The van der Waals surface area contributed by atoms with Crippen molar-refractivity contribution in [3.8, 4) is 11.5 Å². The Labute approximate surface area is 131 Å². The normalized spacial score (nSPS) is 10.7. The Balaban J connectivity index is 2.33. The molecule has 3 nitrogen and oxygen atoms in total. The van der Waals surface area contributed by atoms with Crippen LogP contribution in [0.4, 0.5) is 0 Å². The molecule has 2 rings (SSSR count). The molecule has 4 heteroatoms. The second-order valence-electron chi connectivity index (χ2n) is 4.85. The van der Waals surface area contributed by atoms with Crippen LogP contribution in [0.5, 0.6) is 11.5 Å². The van der Waals surface area contributed by atoms with E-state index in [0.29, 0.717) is 11.6 Å². The molecule has 0 atom stereocenters. The summed E-state index contributed by atoms with van der Waals surface area (Å²) < 4.78 is 6.08. The molecular formula is C17H21ClN2O. The van der Waals surface area contributed by atoms with Gasteiger partial charge in [-0.05, 0) is 44.2 Å². The van der Waals surface area contributed by atoms with Crippen LogP contribution in [-0.4, -0.2) is 11.5 Å². The van der Waals surface area contributed by atoms with Crippen LogP contribution in [0.2, 0.25) is 5.02 Å². The largest absolute Gasteiger partial charge is 0.455 e. The van der Waals surface area contributed by atoms with E-state index in [1.807, 2.05) is 37.3 Å². The van der Waals surface area contributed by atoms with E-state index in [2.05, 4.69) is 24.1 Å². The lowest BCUT2D eigenvalue weighted by atomic mass is 10.2. The van der Waals surface area contributed by atoms with E-state index < -0.39 is 0 Å². The van der Waals surface area contributed by atoms with Gasteiger partial charge in [0.05, 0.1) is 5.69 Å². The van der Waals surface area contributed by atoms with Crippen molar-refractivity contribution in [1.82, 2.24) is 10.3 Å². The van der Waals surface area contributed by atoms with Gasteiger partial charge in [-0.1, -0.05) is 31.5 Å². The summed E-state index contributed by atoms with van der Waals surface area (Å²) in [7, 11) is 0. The summed E-state index contributed by atoms with van der Waals surface area (Å²) in [5.41, 5.74) is 2.94. The number of halogens is 1. The summed E-state index contributed by atoms with van der Waals surface area (Å²) in [5.74, 6) is 1.58. The number of benzene rings is 1. The lowest BCUT2D eigenvalue weighted by Gasteiger charge is -2.15. The molecule has 21 heavy (non-hydrogen) atoms. The predicted molar refractivity (Wildman–Crippen MR) is 87.3 cm³/mol. The summed E-state index contributed by atoms with van der Waals surface area (Å²) in [5, 5.41) is 4.00. The minimum Gasteiger partial charge on any atom is -0.455 e. The average Bonchev–Trinajstić information content (AvgIpc) is 2.48. The van der Waals surface area contributed by atoms with Gasteiger partial charge in [0.25, 0.3) is 0 Å². The number of nitrogens with one attached hydrogen (secondary N) is 1. The third-order valence-electron chi connectivity index (χ3n) is 3.25. The maximum Gasteiger partial charge on any atom is 0.148 e. The minimum atomic E-state index is 0.687. The van der Waals surface area contributed by atoms with Crippen LogP contribution in [0.15, 0.2) is 30.3 Å². The van der Waals surface area contributed by atoms with Crippen LogP contribution in [0.25, 0.3) is 0 Å². The van der Waals surface area contributed by atoms with E-state index in [-0.39, 0.29) is 0 Å². The number of hydrogen-bond acceptors (Lipinski definition) is 3. The fraction of sp³-hybridized carbons (Fsp3) is 0.353. The van der Waals surface area contributed by atoms with E-state index in [1.165, 1.54) is 0 Å². The molecule has 0 aliphatic rings. The number of aromatic nitrogens is 1. The topological polar surface area (TPSA) is 34.1 Å². The number of rotatable bonds is 6. The fourth-order valence-electron chi connectivity index (χ4n) is 2.12. The van der Waals surface area contributed by atoms with Crippen LogP contribution in [0.3, 0.4) is 0 Å². The summed E-state index contributed by atoms with van der Waals surface area (Å²) in [6.45, 7) is 7.70. The van der Waals surface area contributed by atoms with Crippen molar-refractivity contribution in [2.24, 2.45) is 0 Å². The van der Waals surface area contributed by atoms with E-state index in [9.17, 15) is 0 Å². The summed E-state index contributed by atoms with van der Waals surface area (Å²) in [6.07, 6.45) is 0.833. The molecule has 0 unspecified atom stereocenters. The second kappa shape index (κ2) is 7.43. The zero-order valence-electron chi connectivity index (χ0n) is 12.7. The Bertz CT molecular complexity index is 614. The van der Waals surface area contributed by atoms with Gasteiger partial charge in [0.15, 0.2) is 0 Å². The molecule has 2 aromatic rings. The Hall–Kier alpha value is -1.58. The van der Waals surface area contributed by atoms with Gasteiger partial charge < -0.3 is 10.1 Å². The SMILES string of the molecule is CCNCc1c(Cl)cccc1Oc1ccc(C)nc1CC. The lowest BCUT2D eigenvalue weighted by Crippen LogP contribution is -2.13. The molecule has 112 valence electrons. The van der Waals surface area contributed by atoms with Crippen LogP contribution in [0, 0.1) is 6.92 Å². The molecule has 0 fully saturated rings. The molecule has 0 aliphatic carbocycles. The summed E-state index contributed by atoms with van der Waals surface area (Å²) >= 11 is 6.29. The van der Waals surface area contributed by atoms with Crippen molar-refractivity contribution < 1.29 is 4.74 Å². The average molecular weight is 305 g/mol. The smallest absolute Gasteiger partial charge is 0.148 e. The van der Waals surface area contributed by atoms with Gasteiger partial charge >= 0.3 is 0 Å². The van der Waals surface area contributed by atoms with Gasteiger partial charge in [0, 0.05) is 22.8 Å². The van der Waals surface area contributed by atoms with E-state index in [1.54, 1.807) is 0 Å². The zero-order valence-corrected chi connectivity index (χ0v) is 13.5. The molecule has 0 bridgehead atoms. The van der Waals surface area contributed by atoms with Crippen LogP contribution < -0.4 is 10.1 Å². The maximum absolute atomic E-state index is 6.29. The van der Waals surface area contributed by atoms with Gasteiger partial charge in [-0.2, -0.15) is 0 Å². The zero-order chi connectivity index (χ0) is 15.2. The first-order valence-electron chi connectivity index (χ1n) is 7.28. The molecule has 0 radical (unpaired) electrons. The van der Waals surface area contributed by atoms with E-state index >= 15 is 0 Å². The quantitative estimate of drug-likeness (QED) is 0.852. The molecule has 1 aromatic carbocycles. The standard InChI is InChI=1S/C17H21ClN2O/c1-4-15-17(10-9-12(3)20-15)21-16-8-6-7-14(18)13(16)11-19-5-2/h6-10,19H,4-5,11H2,1-3H3. The van der Waals surface area contributed by atoms with Crippen molar-refractivity contribution in [3.05, 3.63) is 52.3 Å². The van der Waals surface area contributed by atoms with Gasteiger partial charge in [0.1, 0.15) is 11.5 Å². The number of aryl methyl sites for hydroxylation is 2. The molecule has 1 heterocycles. The highest BCUT2D eigenvalue weighted by Crippen LogP contribution is 2.31. The Morgan fingerprint density at radius 1 is 1.14 bits per heavy atom. The number of nitrogens with zero attached hydrogens (tertiary/aromatic N) is 1. The third kappa shape index (κ3) is 3.96. The highest BCUT2D eigenvalue weighted by molar-refractivity contribution is 6.31. The Morgan fingerprint density at radius 2 is 1.95 bits per heavy atom. The molecular weight excluding hydrogens is 284 g/mol. The van der Waals surface area contributed by atoms with Crippen LogP contribution >= 0.6 is 11.6 Å². The highest BCUT2D eigenvalue weighted by Gasteiger charge is 2.11.